The summed E-state index contributed by atoms with van der Waals surface area (Å²) in [7, 11) is 0. The molecular weight excluding hydrogens is 178 g/mol. The number of aryl methyl sites for hydroxylation is 1. The Morgan fingerprint density at radius 2 is 2.43 bits per heavy atom. The van der Waals surface area contributed by atoms with E-state index in [1.807, 2.05) is 18.2 Å². The van der Waals surface area contributed by atoms with Crippen LogP contribution in [0.5, 0.6) is 0 Å². The minimum atomic E-state index is 0.536. The molecule has 0 atom stereocenters. The molecule has 14 heavy (non-hydrogen) atoms. The number of aromatic nitrogens is 1. The van der Waals surface area contributed by atoms with Crippen LogP contribution in [0, 0.1) is 0 Å². The fourth-order valence-corrected chi connectivity index (χ4v) is 1.18. The third-order valence-corrected chi connectivity index (χ3v) is 1.88. The van der Waals surface area contributed by atoms with Gasteiger partial charge in [0.15, 0.2) is 5.76 Å². The van der Waals surface area contributed by atoms with Gasteiger partial charge in [-0.15, -0.1) is 6.58 Å². The van der Waals surface area contributed by atoms with E-state index in [9.17, 15) is 0 Å². The van der Waals surface area contributed by atoms with Crippen LogP contribution in [0.25, 0.3) is 11.7 Å². The molecule has 2 heterocycles. The van der Waals surface area contributed by atoms with E-state index in [0.29, 0.717) is 11.7 Å². The Hall–Kier alpha value is -1.77. The highest BCUT2D eigenvalue weighted by Gasteiger charge is 2.07. The summed E-state index contributed by atoms with van der Waals surface area (Å²) in [5, 5.41) is 0. The first kappa shape index (κ1) is 8.81. The molecule has 0 aliphatic carbocycles. The Morgan fingerprint density at radius 3 is 3.14 bits per heavy atom. The van der Waals surface area contributed by atoms with Crippen molar-refractivity contribution in [3.8, 4) is 11.7 Å². The minimum absolute atomic E-state index is 0.536. The number of rotatable bonds is 4. The lowest BCUT2D eigenvalue weighted by Crippen LogP contribution is -1.76. The quantitative estimate of drug-likeness (QED) is 0.694. The van der Waals surface area contributed by atoms with Gasteiger partial charge in [0.25, 0.3) is 5.89 Å². The molecule has 2 rings (SSSR count). The van der Waals surface area contributed by atoms with Gasteiger partial charge in [-0.2, -0.15) is 0 Å². The maximum absolute atomic E-state index is 5.48. The second-order valence-electron chi connectivity index (χ2n) is 2.94. The van der Waals surface area contributed by atoms with Crippen LogP contribution in [-0.2, 0) is 6.42 Å². The lowest BCUT2D eigenvalue weighted by Gasteiger charge is -1.89. The van der Waals surface area contributed by atoms with Gasteiger partial charge < -0.3 is 8.83 Å². The van der Waals surface area contributed by atoms with Crippen molar-refractivity contribution in [1.82, 2.24) is 4.98 Å². The molecule has 0 saturated carbocycles. The molecule has 2 aromatic heterocycles. The number of allylic oxidation sites excluding steroid dienone is 1. The second-order valence-corrected chi connectivity index (χ2v) is 2.94. The average Bonchev–Trinajstić information content (AvgIpc) is 2.85. The van der Waals surface area contributed by atoms with E-state index in [2.05, 4.69) is 11.6 Å². The molecule has 3 nitrogen and oxygen atoms in total. The molecule has 0 unspecified atom stereocenters. The van der Waals surface area contributed by atoms with Crippen molar-refractivity contribution in [3.63, 3.8) is 0 Å². The molecule has 72 valence electrons. The van der Waals surface area contributed by atoms with E-state index < -0.39 is 0 Å². The van der Waals surface area contributed by atoms with Crippen LogP contribution < -0.4 is 0 Å². The zero-order valence-electron chi connectivity index (χ0n) is 7.77. The molecule has 0 bridgehead atoms. The minimum Gasteiger partial charge on any atom is -0.459 e. The van der Waals surface area contributed by atoms with Gasteiger partial charge in [0.2, 0.25) is 0 Å². The van der Waals surface area contributed by atoms with Crippen molar-refractivity contribution in [3.05, 3.63) is 43.0 Å². The summed E-state index contributed by atoms with van der Waals surface area (Å²) in [5.41, 5.74) is 0. The summed E-state index contributed by atoms with van der Waals surface area (Å²) in [6.45, 7) is 3.65. The van der Waals surface area contributed by atoms with Crippen LogP contribution in [0.15, 0.2) is 46.1 Å². The molecule has 0 saturated heterocycles. The molecule has 0 N–H and O–H groups in total. The first-order valence-corrected chi connectivity index (χ1v) is 4.49. The maximum atomic E-state index is 5.48. The largest absolute Gasteiger partial charge is 0.459 e. The van der Waals surface area contributed by atoms with E-state index in [1.165, 1.54) is 0 Å². The molecule has 0 aromatic carbocycles. The van der Waals surface area contributed by atoms with Gasteiger partial charge in [-0.3, -0.25) is 0 Å². The summed E-state index contributed by atoms with van der Waals surface area (Å²) < 4.78 is 10.6. The van der Waals surface area contributed by atoms with Gasteiger partial charge in [-0.05, 0) is 18.6 Å². The summed E-state index contributed by atoms with van der Waals surface area (Å²) in [4.78, 5) is 4.12. The van der Waals surface area contributed by atoms with E-state index in [4.69, 9.17) is 8.83 Å². The predicted molar refractivity (Wildman–Crippen MR) is 52.7 cm³/mol. The molecule has 0 amide bonds. The Labute approximate surface area is 82.1 Å². The predicted octanol–water partition coefficient (Wildman–Crippen LogP) is 3.05. The lowest BCUT2D eigenvalue weighted by atomic mass is 10.3. The molecule has 0 aliphatic rings. The van der Waals surface area contributed by atoms with Crippen LogP contribution in [0.2, 0.25) is 0 Å². The number of nitrogens with zero attached hydrogens (tertiary/aromatic N) is 1. The zero-order valence-corrected chi connectivity index (χ0v) is 7.77. The summed E-state index contributed by atoms with van der Waals surface area (Å²) in [5.74, 6) is 2.06. The smallest absolute Gasteiger partial charge is 0.262 e. The summed E-state index contributed by atoms with van der Waals surface area (Å²) >= 11 is 0. The molecule has 0 radical (unpaired) electrons. The number of hydrogen-bond donors (Lipinski definition) is 0. The Kier molecular flexibility index (Phi) is 2.49. The molecule has 0 aliphatic heterocycles. The Morgan fingerprint density at radius 1 is 1.50 bits per heavy atom. The number of oxazole rings is 1. The van der Waals surface area contributed by atoms with Crippen molar-refractivity contribution >= 4 is 0 Å². The van der Waals surface area contributed by atoms with Crippen LogP contribution >= 0.6 is 0 Å². The average molecular weight is 189 g/mol. The van der Waals surface area contributed by atoms with Gasteiger partial charge in [0.1, 0.15) is 5.76 Å². The third kappa shape index (κ3) is 1.76. The molecule has 0 fully saturated rings. The molecule has 0 spiro atoms. The Balaban J connectivity index is 2.14. The van der Waals surface area contributed by atoms with Crippen LogP contribution in [-0.4, -0.2) is 4.98 Å². The van der Waals surface area contributed by atoms with Crippen molar-refractivity contribution in [2.24, 2.45) is 0 Å². The first-order valence-electron chi connectivity index (χ1n) is 4.49. The van der Waals surface area contributed by atoms with Crippen molar-refractivity contribution in [2.75, 3.05) is 0 Å². The van der Waals surface area contributed by atoms with E-state index >= 15 is 0 Å². The second kappa shape index (κ2) is 3.96. The first-order chi connectivity index (χ1) is 6.90. The number of furan rings is 1. The fraction of sp³-hybridized carbons (Fsp3) is 0.182. The Bertz CT molecular complexity index is 401. The fourth-order valence-electron chi connectivity index (χ4n) is 1.18. The lowest BCUT2D eigenvalue weighted by molar-refractivity contribution is 0.487. The van der Waals surface area contributed by atoms with E-state index in [1.54, 1.807) is 12.5 Å². The van der Waals surface area contributed by atoms with Crippen molar-refractivity contribution < 1.29 is 8.83 Å². The highest BCUT2D eigenvalue weighted by molar-refractivity contribution is 5.43. The van der Waals surface area contributed by atoms with Gasteiger partial charge in [-0.1, -0.05) is 6.08 Å². The van der Waals surface area contributed by atoms with Crippen molar-refractivity contribution in [1.29, 1.82) is 0 Å². The van der Waals surface area contributed by atoms with Gasteiger partial charge in [0.05, 0.1) is 12.5 Å². The van der Waals surface area contributed by atoms with Crippen LogP contribution in [0.3, 0.4) is 0 Å². The third-order valence-electron chi connectivity index (χ3n) is 1.88. The molecule has 2 aromatic rings. The standard InChI is InChI=1S/C11H11NO2/c1-2-3-5-9-8-12-11(14-9)10-6-4-7-13-10/h2,4,6-8H,1,3,5H2. The highest BCUT2D eigenvalue weighted by Crippen LogP contribution is 2.19. The molecular formula is C11H11NO2. The topological polar surface area (TPSA) is 39.2 Å². The summed E-state index contributed by atoms with van der Waals surface area (Å²) in [6, 6.07) is 3.63. The SMILES string of the molecule is C=CCCc1cnc(-c2ccco2)o1. The summed E-state index contributed by atoms with van der Waals surface area (Å²) in [6.07, 6.45) is 6.91. The van der Waals surface area contributed by atoms with E-state index in [-0.39, 0.29) is 0 Å². The molecule has 3 heteroatoms. The van der Waals surface area contributed by atoms with Crippen molar-refractivity contribution in [2.45, 2.75) is 12.8 Å². The van der Waals surface area contributed by atoms with Gasteiger partial charge >= 0.3 is 0 Å². The van der Waals surface area contributed by atoms with Gasteiger partial charge in [0, 0.05) is 6.42 Å². The van der Waals surface area contributed by atoms with Gasteiger partial charge in [-0.25, -0.2) is 4.98 Å². The zero-order chi connectivity index (χ0) is 9.80. The number of hydrogen-bond acceptors (Lipinski definition) is 3. The monoisotopic (exact) mass is 189 g/mol. The van der Waals surface area contributed by atoms with Crippen LogP contribution in [0.1, 0.15) is 12.2 Å². The normalized spacial score (nSPS) is 10.3. The van der Waals surface area contributed by atoms with E-state index in [0.717, 1.165) is 18.6 Å². The highest BCUT2D eigenvalue weighted by atomic mass is 16.4. The van der Waals surface area contributed by atoms with Crippen LogP contribution in [0.4, 0.5) is 0 Å². The maximum Gasteiger partial charge on any atom is 0.262 e.